The maximum atomic E-state index is 11.9. The molecule has 0 radical (unpaired) electrons. The molecule has 0 saturated heterocycles. The highest BCUT2D eigenvalue weighted by Crippen LogP contribution is 2.17. The number of H-pyrrole nitrogens is 1. The monoisotopic (exact) mass is 218 g/mol. The van der Waals surface area contributed by atoms with E-state index < -0.39 is 0 Å². The van der Waals surface area contributed by atoms with Crippen molar-refractivity contribution in [2.75, 3.05) is 0 Å². The Morgan fingerprint density at radius 3 is 2.94 bits per heavy atom. The van der Waals surface area contributed by atoms with Crippen LogP contribution in [0, 0.1) is 6.92 Å². The molecule has 0 amide bonds. The lowest BCUT2D eigenvalue weighted by atomic mass is 10.1. The number of fused-ring (bicyclic) bond motifs is 3. The van der Waals surface area contributed by atoms with Gasteiger partial charge in [0, 0.05) is 5.56 Å². The summed E-state index contributed by atoms with van der Waals surface area (Å²) in [6.07, 6.45) is 5.20. The molecule has 1 aliphatic rings. The third-order valence-electron chi connectivity index (χ3n) is 3.16. The summed E-state index contributed by atoms with van der Waals surface area (Å²) in [7, 11) is 0. The van der Waals surface area contributed by atoms with Crippen LogP contribution in [0.25, 0.3) is 5.78 Å². The third-order valence-corrected chi connectivity index (χ3v) is 3.16. The Balaban J connectivity index is 2.36. The van der Waals surface area contributed by atoms with Crippen LogP contribution in [0.2, 0.25) is 0 Å². The molecule has 2 aromatic heterocycles. The van der Waals surface area contributed by atoms with Crippen molar-refractivity contribution in [2.45, 2.75) is 39.0 Å². The Morgan fingerprint density at radius 2 is 2.06 bits per heavy atom. The highest BCUT2D eigenvalue weighted by molar-refractivity contribution is 5.33. The molecule has 0 unspecified atom stereocenters. The average molecular weight is 218 g/mol. The Kier molecular flexibility index (Phi) is 2.05. The van der Waals surface area contributed by atoms with Crippen molar-refractivity contribution < 1.29 is 0 Å². The molecule has 5 nitrogen and oxygen atoms in total. The van der Waals surface area contributed by atoms with Gasteiger partial charge >= 0.3 is 0 Å². The molecule has 2 aromatic rings. The third kappa shape index (κ3) is 1.35. The lowest BCUT2D eigenvalue weighted by Crippen LogP contribution is -2.19. The van der Waals surface area contributed by atoms with Crippen LogP contribution < -0.4 is 5.56 Å². The first-order valence-electron chi connectivity index (χ1n) is 5.73. The predicted octanol–water partition coefficient (Wildman–Crippen LogP) is 0.995. The van der Waals surface area contributed by atoms with E-state index in [-0.39, 0.29) is 5.56 Å². The molecule has 0 aliphatic heterocycles. The Bertz CT molecular complexity index is 596. The first kappa shape index (κ1) is 9.57. The fraction of sp³-hybridized carbons (Fsp3) is 0.545. The maximum Gasteiger partial charge on any atom is 0.255 e. The molecule has 0 spiro atoms. The molecular formula is C11H14N4O. The second kappa shape index (κ2) is 3.43. The summed E-state index contributed by atoms with van der Waals surface area (Å²) >= 11 is 0. The minimum atomic E-state index is 0.0109. The summed E-state index contributed by atoms with van der Waals surface area (Å²) in [6.45, 7) is 1.84. The van der Waals surface area contributed by atoms with E-state index in [0.29, 0.717) is 11.6 Å². The van der Waals surface area contributed by atoms with E-state index >= 15 is 0 Å². The molecule has 0 bridgehead atoms. The molecule has 2 heterocycles. The Morgan fingerprint density at radius 1 is 1.25 bits per heavy atom. The summed E-state index contributed by atoms with van der Waals surface area (Å²) in [5.41, 5.74) is 1.96. The van der Waals surface area contributed by atoms with Crippen LogP contribution in [0.3, 0.4) is 0 Å². The molecule has 1 aliphatic carbocycles. The van der Waals surface area contributed by atoms with Crippen LogP contribution >= 0.6 is 0 Å². The summed E-state index contributed by atoms with van der Waals surface area (Å²) in [6, 6.07) is 0. The summed E-state index contributed by atoms with van der Waals surface area (Å²) < 4.78 is 1.80. The van der Waals surface area contributed by atoms with E-state index in [4.69, 9.17) is 0 Å². The van der Waals surface area contributed by atoms with Crippen molar-refractivity contribution in [3.8, 4) is 0 Å². The van der Waals surface area contributed by atoms with Gasteiger partial charge in [0.15, 0.2) is 0 Å². The zero-order valence-electron chi connectivity index (χ0n) is 9.29. The highest BCUT2D eigenvalue weighted by atomic mass is 16.1. The molecular weight excluding hydrogens is 204 g/mol. The van der Waals surface area contributed by atoms with Gasteiger partial charge in [-0.05, 0) is 32.6 Å². The van der Waals surface area contributed by atoms with E-state index in [0.717, 1.165) is 36.9 Å². The van der Waals surface area contributed by atoms with E-state index in [1.807, 2.05) is 6.92 Å². The fourth-order valence-electron chi connectivity index (χ4n) is 2.41. The normalized spacial score (nSPS) is 16.1. The molecule has 0 aromatic carbocycles. The quantitative estimate of drug-likeness (QED) is 0.671. The van der Waals surface area contributed by atoms with Gasteiger partial charge in [-0.1, -0.05) is 6.42 Å². The van der Waals surface area contributed by atoms with Gasteiger partial charge in [0.1, 0.15) is 5.82 Å². The van der Waals surface area contributed by atoms with Crippen LogP contribution in [-0.2, 0) is 12.8 Å². The van der Waals surface area contributed by atoms with Crippen LogP contribution in [0.1, 0.15) is 36.3 Å². The Hall–Kier alpha value is -1.65. The average Bonchev–Trinajstić information content (AvgIpc) is 2.51. The van der Waals surface area contributed by atoms with Crippen LogP contribution in [0.4, 0.5) is 0 Å². The van der Waals surface area contributed by atoms with Crippen molar-refractivity contribution in [2.24, 2.45) is 0 Å². The largest absolute Gasteiger partial charge is 0.291 e. The zero-order valence-corrected chi connectivity index (χ0v) is 9.29. The number of aromatic amines is 1. The zero-order chi connectivity index (χ0) is 11.1. The lowest BCUT2D eigenvalue weighted by Gasteiger charge is -2.05. The van der Waals surface area contributed by atoms with Crippen molar-refractivity contribution >= 4 is 5.78 Å². The van der Waals surface area contributed by atoms with Crippen molar-refractivity contribution in [1.29, 1.82) is 0 Å². The number of nitrogens with zero attached hydrogens (tertiary/aromatic N) is 3. The van der Waals surface area contributed by atoms with Gasteiger partial charge in [0.2, 0.25) is 5.78 Å². The van der Waals surface area contributed by atoms with E-state index in [9.17, 15) is 4.79 Å². The standard InChI is InChI=1S/C11H14N4O/c1-7-12-11-13-10(16)8-5-3-2-4-6-9(8)15(11)14-7/h2-6H2,1H3,(H,12,13,14,16). The van der Waals surface area contributed by atoms with E-state index in [2.05, 4.69) is 15.1 Å². The molecule has 16 heavy (non-hydrogen) atoms. The highest BCUT2D eigenvalue weighted by Gasteiger charge is 2.16. The van der Waals surface area contributed by atoms with Gasteiger partial charge in [-0.3, -0.25) is 9.78 Å². The lowest BCUT2D eigenvalue weighted by molar-refractivity contribution is 0.701. The van der Waals surface area contributed by atoms with Gasteiger partial charge in [0.05, 0.1) is 5.69 Å². The minimum absolute atomic E-state index is 0.0109. The summed E-state index contributed by atoms with van der Waals surface area (Å²) in [5, 5.41) is 4.34. The molecule has 0 saturated carbocycles. The molecule has 5 heteroatoms. The van der Waals surface area contributed by atoms with Gasteiger partial charge in [-0.25, -0.2) is 4.52 Å². The van der Waals surface area contributed by atoms with E-state index in [1.165, 1.54) is 6.42 Å². The Labute approximate surface area is 92.5 Å². The van der Waals surface area contributed by atoms with Crippen LogP contribution in [0.15, 0.2) is 4.79 Å². The van der Waals surface area contributed by atoms with Gasteiger partial charge in [-0.15, -0.1) is 0 Å². The summed E-state index contributed by atoms with van der Waals surface area (Å²) in [4.78, 5) is 18.9. The van der Waals surface area contributed by atoms with E-state index in [1.54, 1.807) is 4.52 Å². The predicted molar refractivity (Wildman–Crippen MR) is 59.6 cm³/mol. The van der Waals surface area contributed by atoms with Crippen LogP contribution in [-0.4, -0.2) is 19.6 Å². The number of hydrogen-bond acceptors (Lipinski definition) is 3. The SMILES string of the molecule is Cc1nc2[nH]c(=O)c3c(n2n1)CCCCC3. The van der Waals surface area contributed by atoms with Crippen molar-refractivity contribution in [3.05, 3.63) is 27.4 Å². The molecule has 3 rings (SSSR count). The molecule has 1 N–H and O–H groups in total. The smallest absolute Gasteiger partial charge is 0.255 e. The first-order valence-corrected chi connectivity index (χ1v) is 5.73. The number of aryl methyl sites for hydroxylation is 2. The number of hydrogen-bond donors (Lipinski definition) is 1. The van der Waals surface area contributed by atoms with Gasteiger partial charge in [-0.2, -0.15) is 10.1 Å². The number of nitrogens with one attached hydrogen (secondary N) is 1. The van der Waals surface area contributed by atoms with Crippen LogP contribution in [0.5, 0.6) is 0 Å². The summed E-state index contributed by atoms with van der Waals surface area (Å²) in [5.74, 6) is 1.27. The second-order valence-corrected chi connectivity index (χ2v) is 4.33. The second-order valence-electron chi connectivity index (χ2n) is 4.33. The van der Waals surface area contributed by atoms with Crippen molar-refractivity contribution in [1.82, 2.24) is 19.6 Å². The molecule has 0 fully saturated rings. The number of aromatic nitrogens is 4. The van der Waals surface area contributed by atoms with Crippen molar-refractivity contribution in [3.63, 3.8) is 0 Å². The fourth-order valence-corrected chi connectivity index (χ4v) is 2.41. The first-order chi connectivity index (χ1) is 7.75. The van der Waals surface area contributed by atoms with Gasteiger partial charge in [0.25, 0.3) is 5.56 Å². The molecule has 84 valence electrons. The number of rotatable bonds is 0. The molecule has 0 atom stereocenters. The topological polar surface area (TPSA) is 63.0 Å². The maximum absolute atomic E-state index is 11.9. The van der Waals surface area contributed by atoms with Gasteiger partial charge < -0.3 is 0 Å². The minimum Gasteiger partial charge on any atom is -0.291 e.